The molecule has 1 aromatic carbocycles. The molecular formula is C12H14F2O2. The second-order valence-corrected chi connectivity index (χ2v) is 3.96. The highest BCUT2D eigenvalue weighted by Crippen LogP contribution is 2.16. The van der Waals surface area contributed by atoms with Crippen molar-refractivity contribution in [3.05, 3.63) is 35.4 Å². The number of benzene rings is 1. The van der Waals surface area contributed by atoms with E-state index in [1.54, 1.807) is 6.92 Å². The Hall–Kier alpha value is -1.29. The van der Waals surface area contributed by atoms with E-state index in [2.05, 4.69) is 0 Å². The standard InChI is InChI=1S/C12H14F2O2/c1-3-12(2,16)11(15)7-8-6-9(13)4-5-10(8)14/h4-6,16H,3,7H2,1-2H3. The van der Waals surface area contributed by atoms with Crippen molar-refractivity contribution in [3.8, 4) is 0 Å². The van der Waals surface area contributed by atoms with E-state index < -0.39 is 23.0 Å². The molecule has 0 bridgehead atoms. The molecular weight excluding hydrogens is 214 g/mol. The molecule has 0 amide bonds. The molecule has 16 heavy (non-hydrogen) atoms. The fraction of sp³-hybridized carbons (Fsp3) is 0.417. The lowest BCUT2D eigenvalue weighted by molar-refractivity contribution is -0.135. The first-order valence-corrected chi connectivity index (χ1v) is 5.06. The third-order valence-electron chi connectivity index (χ3n) is 2.65. The number of ketones is 1. The smallest absolute Gasteiger partial charge is 0.168 e. The van der Waals surface area contributed by atoms with E-state index >= 15 is 0 Å². The second kappa shape index (κ2) is 4.70. The molecule has 0 aliphatic heterocycles. The van der Waals surface area contributed by atoms with Gasteiger partial charge in [-0.15, -0.1) is 0 Å². The maximum atomic E-state index is 13.2. The van der Waals surface area contributed by atoms with Gasteiger partial charge in [-0.1, -0.05) is 6.92 Å². The van der Waals surface area contributed by atoms with Crippen LogP contribution in [0.3, 0.4) is 0 Å². The molecule has 0 heterocycles. The van der Waals surface area contributed by atoms with Gasteiger partial charge in [0.25, 0.3) is 0 Å². The first-order chi connectivity index (χ1) is 7.36. The van der Waals surface area contributed by atoms with Crippen LogP contribution in [0.5, 0.6) is 0 Å². The SMILES string of the molecule is CCC(C)(O)C(=O)Cc1cc(F)ccc1F. The molecule has 0 saturated carbocycles. The van der Waals surface area contributed by atoms with Gasteiger partial charge in [0.05, 0.1) is 0 Å². The van der Waals surface area contributed by atoms with Gasteiger partial charge in [-0.3, -0.25) is 4.79 Å². The molecule has 88 valence electrons. The minimum atomic E-state index is -1.49. The topological polar surface area (TPSA) is 37.3 Å². The van der Waals surface area contributed by atoms with E-state index in [4.69, 9.17) is 0 Å². The van der Waals surface area contributed by atoms with Crippen LogP contribution in [0.1, 0.15) is 25.8 Å². The van der Waals surface area contributed by atoms with Crippen LogP contribution in [0.4, 0.5) is 8.78 Å². The molecule has 0 aliphatic rings. The minimum absolute atomic E-state index is 0.0290. The van der Waals surface area contributed by atoms with Gasteiger partial charge in [0.1, 0.15) is 17.2 Å². The number of rotatable bonds is 4. The summed E-state index contributed by atoms with van der Waals surface area (Å²) in [5, 5.41) is 9.65. The molecule has 2 nitrogen and oxygen atoms in total. The Morgan fingerprint density at radius 3 is 2.62 bits per heavy atom. The van der Waals surface area contributed by atoms with Gasteiger partial charge >= 0.3 is 0 Å². The summed E-state index contributed by atoms with van der Waals surface area (Å²) >= 11 is 0. The highest BCUT2D eigenvalue weighted by Gasteiger charge is 2.28. The van der Waals surface area contributed by atoms with Gasteiger partial charge in [-0.05, 0) is 37.1 Å². The van der Waals surface area contributed by atoms with Crippen molar-refractivity contribution in [1.29, 1.82) is 0 Å². The number of halogens is 2. The molecule has 0 spiro atoms. The van der Waals surface area contributed by atoms with Crippen molar-refractivity contribution in [1.82, 2.24) is 0 Å². The number of carbonyl (C=O) groups is 1. The number of hydrogen-bond acceptors (Lipinski definition) is 2. The van der Waals surface area contributed by atoms with E-state index in [9.17, 15) is 18.7 Å². The van der Waals surface area contributed by atoms with Crippen LogP contribution >= 0.6 is 0 Å². The quantitative estimate of drug-likeness (QED) is 0.858. The molecule has 1 unspecified atom stereocenters. The van der Waals surface area contributed by atoms with Crippen molar-refractivity contribution < 1.29 is 18.7 Å². The van der Waals surface area contributed by atoms with Gasteiger partial charge in [0, 0.05) is 6.42 Å². The second-order valence-electron chi connectivity index (χ2n) is 3.96. The summed E-state index contributed by atoms with van der Waals surface area (Å²) in [5.74, 6) is -1.75. The summed E-state index contributed by atoms with van der Waals surface area (Å²) in [6.45, 7) is 3.02. The Morgan fingerprint density at radius 2 is 2.06 bits per heavy atom. The van der Waals surface area contributed by atoms with Crippen molar-refractivity contribution in [3.63, 3.8) is 0 Å². The monoisotopic (exact) mass is 228 g/mol. The average molecular weight is 228 g/mol. The van der Waals surface area contributed by atoms with Gasteiger partial charge in [-0.25, -0.2) is 8.78 Å². The van der Waals surface area contributed by atoms with E-state index in [0.29, 0.717) is 0 Å². The fourth-order valence-electron chi connectivity index (χ4n) is 1.24. The third kappa shape index (κ3) is 2.85. The summed E-state index contributed by atoms with van der Waals surface area (Å²) in [6, 6.07) is 2.93. The zero-order valence-electron chi connectivity index (χ0n) is 9.26. The average Bonchev–Trinajstić information content (AvgIpc) is 2.23. The van der Waals surface area contributed by atoms with Crippen molar-refractivity contribution in [2.24, 2.45) is 0 Å². The first kappa shape index (κ1) is 12.8. The van der Waals surface area contributed by atoms with Gasteiger partial charge < -0.3 is 5.11 Å². The van der Waals surface area contributed by atoms with Crippen LogP contribution in [-0.2, 0) is 11.2 Å². The lowest BCUT2D eigenvalue weighted by Crippen LogP contribution is -2.35. The number of Topliss-reactive ketones (excluding diaryl/α,β-unsaturated/α-hetero) is 1. The van der Waals surface area contributed by atoms with Crippen molar-refractivity contribution in [2.75, 3.05) is 0 Å². The predicted octanol–water partition coefficient (Wildman–Crippen LogP) is 2.24. The molecule has 4 heteroatoms. The summed E-state index contributed by atoms with van der Waals surface area (Å²) in [7, 11) is 0. The van der Waals surface area contributed by atoms with Crippen LogP contribution in [0.15, 0.2) is 18.2 Å². The summed E-state index contributed by atoms with van der Waals surface area (Å²) in [6.07, 6.45) is -0.0623. The molecule has 1 atom stereocenters. The van der Waals surface area contributed by atoms with Crippen molar-refractivity contribution >= 4 is 5.78 Å². The first-order valence-electron chi connectivity index (χ1n) is 5.06. The fourth-order valence-corrected chi connectivity index (χ4v) is 1.24. The molecule has 1 rings (SSSR count). The molecule has 1 aromatic rings. The summed E-state index contributed by atoms with van der Waals surface area (Å²) < 4.78 is 26.1. The predicted molar refractivity (Wildman–Crippen MR) is 56.0 cm³/mol. The van der Waals surface area contributed by atoms with E-state index in [-0.39, 0.29) is 18.4 Å². The Labute approximate surface area is 92.9 Å². The Kier molecular flexibility index (Phi) is 3.75. The van der Waals surface area contributed by atoms with E-state index in [0.717, 1.165) is 18.2 Å². The highest BCUT2D eigenvalue weighted by molar-refractivity contribution is 5.88. The minimum Gasteiger partial charge on any atom is -0.382 e. The molecule has 0 aliphatic carbocycles. The normalized spacial score (nSPS) is 14.6. The van der Waals surface area contributed by atoms with E-state index in [1.807, 2.05) is 0 Å². The van der Waals surface area contributed by atoms with Crippen LogP contribution in [0.25, 0.3) is 0 Å². The van der Waals surface area contributed by atoms with Crippen LogP contribution < -0.4 is 0 Å². The molecule has 0 fully saturated rings. The lowest BCUT2D eigenvalue weighted by Gasteiger charge is -2.19. The van der Waals surface area contributed by atoms with Crippen LogP contribution in [0.2, 0.25) is 0 Å². The Morgan fingerprint density at radius 1 is 1.44 bits per heavy atom. The third-order valence-corrected chi connectivity index (χ3v) is 2.65. The number of aliphatic hydroxyl groups is 1. The molecule has 0 aromatic heterocycles. The molecule has 0 radical (unpaired) electrons. The largest absolute Gasteiger partial charge is 0.382 e. The van der Waals surface area contributed by atoms with Crippen LogP contribution in [0, 0.1) is 11.6 Å². The lowest BCUT2D eigenvalue weighted by atomic mass is 9.93. The Balaban J connectivity index is 2.89. The zero-order valence-corrected chi connectivity index (χ0v) is 9.26. The number of hydrogen-bond donors (Lipinski definition) is 1. The van der Waals surface area contributed by atoms with Gasteiger partial charge in [-0.2, -0.15) is 0 Å². The number of carbonyl (C=O) groups excluding carboxylic acids is 1. The van der Waals surface area contributed by atoms with E-state index in [1.165, 1.54) is 6.92 Å². The van der Waals surface area contributed by atoms with Crippen LogP contribution in [-0.4, -0.2) is 16.5 Å². The Bertz CT molecular complexity index is 400. The maximum Gasteiger partial charge on any atom is 0.168 e. The summed E-state index contributed by atoms with van der Waals surface area (Å²) in [5.41, 5.74) is -1.52. The molecule has 1 N–H and O–H groups in total. The summed E-state index contributed by atoms with van der Waals surface area (Å²) in [4.78, 5) is 11.6. The maximum absolute atomic E-state index is 13.2. The van der Waals surface area contributed by atoms with Gasteiger partial charge in [0.15, 0.2) is 5.78 Å². The molecule has 0 saturated heterocycles. The van der Waals surface area contributed by atoms with Gasteiger partial charge in [0.2, 0.25) is 0 Å². The zero-order chi connectivity index (χ0) is 12.3. The highest BCUT2D eigenvalue weighted by atomic mass is 19.1. The van der Waals surface area contributed by atoms with Crippen molar-refractivity contribution in [2.45, 2.75) is 32.3 Å².